The first-order valence-corrected chi connectivity index (χ1v) is 9.36. The van der Waals surface area contributed by atoms with E-state index in [1.807, 2.05) is 26.8 Å². The van der Waals surface area contributed by atoms with Crippen molar-refractivity contribution in [3.05, 3.63) is 29.1 Å². The standard InChI is InChI=1S/C20H25FN2O3/c1-19(2,3)26-18(25)23-9-5-4-6-15(23)12-10-13-16(14(21)11-12)22-17(24)20(13)7-8-20/h10-11,15H,4-9H2,1-3H3,(H,22,24). The van der Waals surface area contributed by atoms with Gasteiger partial charge in [0.05, 0.1) is 17.1 Å². The number of hydrogen-bond acceptors (Lipinski definition) is 3. The topological polar surface area (TPSA) is 58.6 Å². The van der Waals surface area contributed by atoms with Crippen molar-refractivity contribution >= 4 is 17.7 Å². The summed E-state index contributed by atoms with van der Waals surface area (Å²) in [4.78, 5) is 26.6. The maximum atomic E-state index is 14.7. The van der Waals surface area contributed by atoms with E-state index in [2.05, 4.69) is 5.32 Å². The molecule has 1 N–H and O–H groups in total. The number of amides is 2. The van der Waals surface area contributed by atoms with Gasteiger partial charge in [-0.05, 0) is 70.1 Å². The van der Waals surface area contributed by atoms with Crippen molar-refractivity contribution in [2.45, 2.75) is 69.9 Å². The molecule has 2 heterocycles. The van der Waals surface area contributed by atoms with Crippen molar-refractivity contribution in [2.24, 2.45) is 0 Å². The molecule has 0 aromatic heterocycles. The van der Waals surface area contributed by atoms with Gasteiger partial charge in [0.1, 0.15) is 11.4 Å². The fourth-order valence-electron chi connectivity index (χ4n) is 4.12. The highest BCUT2D eigenvalue weighted by Gasteiger charge is 2.57. The third kappa shape index (κ3) is 2.75. The van der Waals surface area contributed by atoms with Crippen LogP contribution in [0.2, 0.25) is 0 Å². The molecule has 2 amide bonds. The summed E-state index contributed by atoms with van der Waals surface area (Å²) in [5.41, 5.74) is 0.714. The second kappa shape index (κ2) is 5.69. The molecule has 5 nitrogen and oxygen atoms in total. The van der Waals surface area contributed by atoms with Crippen LogP contribution in [-0.2, 0) is 14.9 Å². The van der Waals surface area contributed by atoms with Crippen molar-refractivity contribution < 1.29 is 18.7 Å². The summed E-state index contributed by atoms with van der Waals surface area (Å²) in [6, 6.07) is 3.18. The molecule has 1 atom stereocenters. The molecule has 3 aliphatic rings. The Balaban J connectivity index is 1.68. The van der Waals surface area contributed by atoms with E-state index in [1.165, 1.54) is 6.07 Å². The summed E-state index contributed by atoms with van der Waals surface area (Å²) in [6.07, 6.45) is 3.81. The lowest BCUT2D eigenvalue weighted by molar-refractivity contribution is -0.117. The number of nitrogens with zero attached hydrogens (tertiary/aromatic N) is 1. The molecule has 6 heteroatoms. The Morgan fingerprint density at radius 2 is 2.04 bits per heavy atom. The predicted octanol–water partition coefficient (Wildman–Crippen LogP) is 4.27. The molecule has 0 bridgehead atoms. The van der Waals surface area contributed by atoms with Gasteiger partial charge < -0.3 is 15.0 Å². The molecule has 4 rings (SSSR count). The van der Waals surface area contributed by atoms with Crippen molar-refractivity contribution in [3.63, 3.8) is 0 Å². The van der Waals surface area contributed by atoms with Crippen molar-refractivity contribution in [3.8, 4) is 0 Å². The van der Waals surface area contributed by atoms with Gasteiger partial charge in [-0.2, -0.15) is 0 Å². The van der Waals surface area contributed by atoms with Crippen LogP contribution in [0.1, 0.15) is 70.0 Å². The molecule has 2 aliphatic heterocycles. The minimum absolute atomic E-state index is 0.101. The van der Waals surface area contributed by atoms with Crippen molar-refractivity contribution in [2.75, 3.05) is 11.9 Å². The Labute approximate surface area is 152 Å². The number of fused-ring (bicyclic) bond motifs is 2. The fraction of sp³-hybridized carbons (Fsp3) is 0.600. The molecule has 0 radical (unpaired) electrons. The normalized spacial score (nSPS) is 23.6. The number of ether oxygens (including phenoxy) is 1. The summed E-state index contributed by atoms with van der Waals surface area (Å²) in [5.74, 6) is -0.513. The van der Waals surface area contributed by atoms with Crippen LogP contribution < -0.4 is 5.32 Å². The maximum Gasteiger partial charge on any atom is 0.410 e. The molecule has 140 valence electrons. The zero-order chi connectivity index (χ0) is 18.7. The summed E-state index contributed by atoms with van der Waals surface area (Å²) in [6.45, 7) is 6.12. The number of piperidine rings is 1. The first kappa shape index (κ1) is 17.3. The molecule has 1 aromatic rings. The highest BCUT2D eigenvalue weighted by molar-refractivity contribution is 6.08. The van der Waals surface area contributed by atoms with Gasteiger partial charge in [-0.3, -0.25) is 4.79 Å². The molecule has 26 heavy (non-hydrogen) atoms. The van der Waals surface area contributed by atoms with Crippen LogP contribution in [0, 0.1) is 5.82 Å². The lowest BCUT2D eigenvalue weighted by Crippen LogP contribution is -2.41. The number of benzene rings is 1. The average molecular weight is 360 g/mol. The Bertz CT molecular complexity index is 780. The fourth-order valence-corrected chi connectivity index (χ4v) is 4.12. The van der Waals surface area contributed by atoms with Crippen LogP contribution in [0.3, 0.4) is 0 Å². The number of hydrogen-bond donors (Lipinski definition) is 1. The van der Waals surface area contributed by atoms with Crippen LogP contribution in [0.4, 0.5) is 14.9 Å². The van der Waals surface area contributed by atoms with E-state index in [0.717, 1.165) is 43.2 Å². The van der Waals surface area contributed by atoms with Crippen LogP contribution in [0.5, 0.6) is 0 Å². The number of carbonyl (C=O) groups is 2. The predicted molar refractivity (Wildman–Crippen MR) is 95.5 cm³/mol. The number of halogens is 1. The minimum Gasteiger partial charge on any atom is -0.444 e. The molecule has 1 saturated heterocycles. The molecule has 1 spiro atoms. The quantitative estimate of drug-likeness (QED) is 0.813. The van der Waals surface area contributed by atoms with Gasteiger partial charge in [0, 0.05) is 6.54 Å². The van der Waals surface area contributed by atoms with Crippen LogP contribution in [0.15, 0.2) is 12.1 Å². The number of nitrogens with one attached hydrogen (secondary N) is 1. The number of anilines is 1. The Kier molecular flexibility index (Phi) is 3.79. The van der Waals surface area contributed by atoms with E-state index < -0.39 is 16.8 Å². The molecular weight excluding hydrogens is 335 g/mol. The second-order valence-electron chi connectivity index (χ2n) is 8.65. The highest BCUT2D eigenvalue weighted by Crippen LogP contribution is 2.56. The van der Waals surface area contributed by atoms with E-state index in [4.69, 9.17) is 4.74 Å². The summed E-state index contributed by atoms with van der Waals surface area (Å²) in [7, 11) is 0. The van der Waals surface area contributed by atoms with E-state index in [0.29, 0.717) is 12.2 Å². The first-order chi connectivity index (χ1) is 12.2. The average Bonchev–Trinajstić information content (AvgIpc) is 3.31. The molecule has 1 aromatic carbocycles. The van der Waals surface area contributed by atoms with E-state index in [1.54, 1.807) is 4.90 Å². The number of carbonyl (C=O) groups excluding carboxylic acids is 2. The molecule has 2 fully saturated rings. The minimum atomic E-state index is -0.573. The van der Waals surface area contributed by atoms with Gasteiger partial charge in [0.2, 0.25) is 5.91 Å². The van der Waals surface area contributed by atoms with Crippen LogP contribution >= 0.6 is 0 Å². The third-order valence-corrected chi connectivity index (χ3v) is 5.57. The van der Waals surface area contributed by atoms with E-state index in [-0.39, 0.29) is 18.0 Å². The lowest BCUT2D eigenvalue weighted by atomic mass is 9.90. The Hall–Kier alpha value is -2.11. The SMILES string of the molecule is CC(C)(C)OC(=O)N1CCCCC1c1cc(F)c2c(c1)C1(CC1)C(=O)N2. The molecule has 1 saturated carbocycles. The van der Waals surface area contributed by atoms with Crippen molar-refractivity contribution in [1.29, 1.82) is 0 Å². The molecular formula is C20H25FN2O3. The summed E-state index contributed by atoms with van der Waals surface area (Å²) in [5, 5.41) is 2.69. The molecule has 1 aliphatic carbocycles. The zero-order valence-corrected chi connectivity index (χ0v) is 15.5. The third-order valence-electron chi connectivity index (χ3n) is 5.57. The van der Waals surface area contributed by atoms with Gasteiger partial charge in [0.15, 0.2) is 0 Å². The second-order valence-corrected chi connectivity index (χ2v) is 8.65. The Morgan fingerprint density at radius 1 is 1.31 bits per heavy atom. The summed E-state index contributed by atoms with van der Waals surface area (Å²) < 4.78 is 20.2. The lowest BCUT2D eigenvalue weighted by Gasteiger charge is -2.37. The Morgan fingerprint density at radius 3 is 2.69 bits per heavy atom. The van der Waals surface area contributed by atoms with E-state index in [9.17, 15) is 14.0 Å². The van der Waals surface area contributed by atoms with E-state index >= 15 is 0 Å². The number of likely N-dealkylation sites (tertiary alicyclic amines) is 1. The van der Waals surface area contributed by atoms with Gasteiger partial charge in [-0.25, -0.2) is 9.18 Å². The van der Waals surface area contributed by atoms with Gasteiger partial charge in [0.25, 0.3) is 0 Å². The van der Waals surface area contributed by atoms with Gasteiger partial charge in [-0.15, -0.1) is 0 Å². The van der Waals surface area contributed by atoms with Crippen LogP contribution in [0.25, 0.3) is 0 Å². The zero-order valence-electron chi connectivity index (χ0n) is 15.5. The van der Waals surface area contributed by atoms with Gasteiger partial charge in [-0.1, -0.05) is 6.07 Å². The molecule has 1 unspecified atom stereocenters. The van der Waals surface area contributed by atoms with Crippen LogP contribution in [-0.4, -0.2) is 29.0 Å². The van der Waals surface area contributed by atoms with Crippen molar-refractivity contribution in [1.82, 2.24) is 4.90 Å². The first-order valence-electron chi connectivity index (χ1n) is 9.36. The maximum absolute atomic E-state index is 14.7. The van der Waals surface area contributed by atoms with Gasteiger partial charge >= 0.3 is 6.09 Å². The summed E-state index contributed by atoms with van der Waals surface area (Å²) >= 11 is 0. The smallest absolute Gasteiger partial charge is 0.410 e. The monoisotopic (exact) mass is 360 g/mol. The largest absolute Gasteiger partial charge is 0.444 e. The number of rotatable bonds is 1. The highest BCUT2D eigenvalue weighted by atomic mass is 19.1.